The average Bonchev–Trinajstić information content (AvgIpc) is 2.55. The molecule has 0 aromatic heterocycles. The smallest absolute Gasteiger partial charge is 0.422 e. The molecular weight excluding hydrogens is 423 g/mol. The van der Waals surface area contributed by atoms with Gasteiger partial charge in [0, 0.05) is 16.6 Å². The molecule has 0 fully saturated rings. The molecule has 0 saturated heterocycles. The highest BCUT2D eigenvalue weighted by atomic mass is 79.9. The number of benzene rings is 1. The topological polar surface area (TPSA) is 87.2 Å². The lowest BCUT2D eigenvalue weighted by Crippen LogP contribution is -2.45. The maximum atomic E-state index is 13.4. The Morgan fingerprint density at radius 3 is 2.52 bits per heavy atom. The molecule has 0 spiro atoms. The number of carbonyl (C=O) groups is 3. The van der Waals surface area contributed by atoms with Crippen molar-refractivity contribution in [2.75, 3.05) is 18.0 Å². The Hall–Kier alpha value is -2.42. The van der Waals surface area contributed by atoms with Crippen molar-refractivity contribution in [3.8, 4) is 0 Å². The van der Waals surface area contributed by atoms with Gasteiger partial charge < -0.3 is 14.7 Å². The van der Waals surface area contributed by atoms with Gasteiger partial charge in [0.25, 0.3) is 5.91 Å². The summed E-state index contributed by atoms with van der Waals surface area (Å²) in [6.07, 6.45) is -0.148. The molecule has 7 nitrogen and oxygen atoms in total. The van der Waals surface area contributed by atoms with Gasteiger partial charge in [0.05, 0.1) is 12.2 Å². The summed E-state index contributed by atoms with van der Waals surface area (Å²) in [5, 5.41) is 9.16. The quantitative estimate of drug-likeness (QED) is 0.742. The number of imide groups is 1. The first-order chi connectivity index (χ1) is 12.5. The second kappa shape index (κ2) is 8.08. The van der Waals surface area contributed by atoms with Crippen LogP contribution in [0.4, 0.5) is 19.7 Å². The minimum atomic E-state index is -1.15. The molecule has 0 radical (unpaired) electrons. The standard InChI is InChI=1S/C18H20BrFN2O5/c1-18(2,3)27-17(26)22(14-7-6-12(20)9-13(14)19)15(23)11-5-4-8-21(10-11)16(24)25/h5-7,9H,4,8,10H2,1-3H3,(H,24,25). The van der Waals surface area contributed by atoms with E-state index in [1.54, 1.807) is 26.8 Å². The maximum Gasteiger partial charge on any atom is 0.422 e. The van der Waals surface area contributed by atoms with Crippen molar-refractivity contribution in [2.45, 2.75) is 32.8 Å². The number of hydrogen-bond donors (Lipinski definition) is 1. The normalized spacial score (nSPS) is 14.4. The molecule has 1 N–H and O–H groups in total. The van der Waals surface area contributed by atoms with Gasteiger partial charge in [-0.25, -0.2) is 18.9 Å². The van der Waals surface area contributed by atoms with Gasteiger partial charge in [0.1, 0.15) is 11.4 Å². The van der Waals surface area contributed by atoms with Gasteiger partial charge in [-0.3, -0.25) is 4.79 Å². The summed E-state index contributed by atoms with van der Waals surface area (Å²) < 4.78 is 19.0. The van der Waals surface area contributed by atoms with Crippen molar-refractivity contribution in [3.05, 3.63) is 40.1 Å². The highest BCUT2D eigenvalue weighted by Gasteiger charge is 2.34. The van der Waals surface area contributed by atoms with E-state index in [1.165, 1.54) is 6.07 Å². The van der Waals surface area contributed by atoms with Gasteiger partial charge in [-0.2, -0.15) is 0 Å². The Morgan fingerprint density at radius 2 is 1.96 bits per heavy atom. The Kier molecular flexibility index (Phi) is 6.25. The summed E-state index contributed by atoms with van der Waals surface area (Å²) >= 11 is 3.16. The van der Waals surface area contributed by atoms with Crippen LogP contribution in [0.1, 0.15) is 27.2 Å². The predicted molar refractivity (Wildman–Crippen MR) is 100 cm³/mol. The maximum absolute atomic E-state index is 13.4. The van der Waals surface area contributed by atoms with Crippen molar-refractivity contribution in [1.29, 1.82) is 0 Å². The molecule has 0 bridgehead atoms. The van der Waals surface area contributed by atoms with E-state index in [-0.39, 0.29) is 28.8 Å². The minimum absolute atomic E-state index is 0.101. The third-order valence-corrected chi connectivity index (χ3v) is 4.26. The fourth-order valence-electron chi connectivity index (χ4n) is 2.47. The van der Waals surface area contributed by atoms with E-state index in [9.17, 15) is 18.8 Å². The second-order valence-electron chi connectivity index (χ2n) is 6.94. The van der Waals surface area contributed by atoms with Crippen LogP contribution in [0.2, 0.25) is 0 Å². The summed E-state index contributed by atoms with van der Waals surface area (Å²) in [6, 6.07) is 3.52. The molecule has 0 saturated carbocycles. The summed E-state index contributed by atoms with van der Waals surface area (Å²) in [5.41, 5.74) is -0.620. The summed E-state index contributed by atoms with van der Waals surface area (Å²) in [7, 11) is 0. The molecule has 2 rings (SSSR count). The van der Waals surface area contributed by atoms with Crippen LogP contribution in [-0.2, 0) is 9.53 Å². The number of halogens is 2. The fraction of sp³-hybridized carbons (Fsp3) is 0.389. The molecule has 1 aromatic carbocycles. The van der Waals surface area contributed by atoms with E-state index >= 15 is 0 Å². The number of hydrogen-bond acceptors (Lipinski definition) is 4. The van der Waals surface area contributed by atoms with Crippen molar-refractivity contribution >= 4 is 39.7 Å². The molecule has 0 unspecified atom stereocenters. The molecule has 0 atom stereocenters. The van der Waals surface area contributed by atoms with E-state index in [4.69, 9.17) is 9.84 Å². The first-order valence-corrected chi connectivity index (χ1v) is 8.98. The van der Waals surface area contributed by atoms with E-state index in [1.807, 2.05) is 0 Å². The number of amides is 3. The Labute approximate surface area is 164 Å². The molecule has 1 aliphatic heterocycles. The number of ether oxygens (including phenoxy) is 1. The summed E-state index contributed by atoms with van der Waals surface area (Å²) in [5.74, 6) is -1.27. The van der Waals surface area contributed by atoms with Gasteiger partial charge in [-0.15, -0.1) is 0 Å². The third-order valence-electron chi connectivity index (χ3n) is 3.63. The predicted octanol–water partition coefficient (Wildman–Crippen LogP) is 4.17. The highest BCUT2D eigenvalue weighted by Crippen LogP contribution is 2.30. The molecule has 146 valence electrons. The minimum Gasteiger partial charge on any atom is -0.465 e. The largest absolute Gasteiger partial charge is 0.465 e. The molecule has 1 aromatic rings. The fourth-order valence-corrected chi connectivity index (χ4v) is 2.99. The molecule has 3 amide bonds. The lowest BCUT2D eigenvalue weighted by atomic mass is 10.1. The van der Waals surface area contributed by atoms with Gasteiger partial charge in [-0.05, 0) is 61.3 Å². The van der Waals surface area contributed by atoms with E-state index in [0.717, 1.165) is 21.9 Å². The summed E-state index contributed by atoms with van der Waals surface area (Å²) in [4.78, 5) is 38.8. The van der Waals surface area contributed by atoms with E-state index < -0.39 is 29.5 Å². The van der Waals surface area contributed by atoms with Crippen LogP contribution in [0.25, 0.3) is 0 Å². The van der Waals surface area contributed by atoms with Crippen molar-refractivity contribution in [3.63, 3.8) is 0 Å². The Bertz CT molecular complexity index is 803. The molecule has 0 aliphatic carbocycles. The first-order valence-electron chi connectivity index (χ1n) is 8.19. The molecule has 27 heavy (non-hydrogen) atoms. The van der Waals surface area contributed by atoms with Crippen LogP contribution in [0, 0.1) is 5.82 Å². The van der Waals surface area contributed by atoms with Crippen LogP contribution in [0.15, 0.2) is 34.3 Å². The van der Waals surface area contributed by atoms with Gasteiger partial charge >= 0.3 is 12.2 Å². The lowest BCUT2D eigenvalue weighted by Gasteiger charge is -2.30. The SMILES string of the molecule is CC(C)(C)OC(=O)N(C(=O)C1=CCCN(C(=O)O)C1)c1ccc(F)cc1Br. The number of rotatable bonds is 2. The van der Waals surface area contributed by atoms with Crippen LogP contribution in [-0.4, -0.2) is 46.8 Å². The molecule has 9 heteroatoms. The van der Waals surface area contributed by atoms with Gasteiger partial charge in [0.2, 0.25) is 0 Å². The van der Waals surface area contributed by atoms with E-state index in [0.29, 0.717) is 6.42 Å². The van der Waals surface area contributed by atoms with Crippen molar-refractivity contribution < 1.29 is 28.6 Å². The highest BCUT2D eigenvalue weighted by molar-refractivity contribution is 9.10. The number of carbonyl (C=O) groups excluding carboxylic acids is 2. The molecule has 1 aliphatic rings. The zero-order chi connectivity index (χ0) is 20.4. The van der Waals surface area contributed by atoms with Crippen molar-refractivity contribution in [1.82, 2.24) is 4.90 Å². The molecular formula is C18H20BrFN2O5. The van der Waals surface area contributed by atoms with Gasteiger partial charge in [0.15, 0.2) is 0 Å². The van der Waals surface area contributed by atoms with Crippen molar-refractivity contribution in [2.24, 2.45) is 0 Å². The van der Waals surface area contributed by atoms with E-state index in [2.05, 4.69) is 15.9 Å². The van der Waals surface area contributed by atoms with Crippen LogP contribution >= 0.6 is 15.9 Å². The Morgan fingerprint density at radius 1 is 1.30 bits per heavy atom. The number of carboxylic acid groups (broad SMARTS) is 1. The Balaban J connectivity index is 2.42. The molecule has 1 heterocycles. The second-order valence-corrected chi connectivity index (χ2v) is 7.79. The lowest BCUT2D eigenvalue weighted by molar-refractivity contribution is -0.115. The van der Waals surface area contributed by atoms with Crippen LogP contribution in [0.5, 0.6) is 0 Å². The first kappa shape index (κ1) is 20.9. The number of nitrogens with zero attached hydrogens (tertiary/aromatic N) is 2. The zero-order valence-electron chi connectivity index (χ0n) is 15.2. The third kappa shape index (κ3) is 5.29. The monoisotopic (exact) mass is 442 g/mol. The summed E-state index contributed by atoms with van der Waals surface area (Å²) in [6.45, 7) is 5.07. The average molecular weight is 443 g/mol. The number of anilines is 1. The van der Waals surface area contributed by atoms with Crippen LogP contribution in [0.3, 0.4) is 0 Å². The van der Waals surface area contributed by atoms with Crippen LogP contribution < -0.4 is 4.90 Å². The van der Waals surface area contributed by atoms with Gasteiger partial charge in [-0.1, -0.05) is 6.08 Å². The zero-order valence-corrected chi connectivity index (χ0v) is 16.7.